The molecule has 0 radical (unpaired) electrons. The number of para-hydroxylation sites is 1. The molecule has 1 saturated heterocycles. The van der Waals surface area contributed by atoms with Crippen LogP contribution in [-0.4, -0.2) is 38.8 Å². The van der Waals surface area contributed by atoms with Crippen LogP contribution in [0.1, 0.15) is 12.8 Å². The van der Waals surface area contributed by atoms with Crippen LogP contribution in [0.25, 0.3) is 0 Å². The first-order valence-electron chi connectivity index (χ1n) is 8.61. The fourth-order valence-electron chi connectivity index (χ4n) is 3.08. The number of rotatable bonds is 5. The Hall–Kier alpha value is -1.90. The van der Waals surface area contributed by atoms with Crippen molar-refractivity contribution >= 4 is 37.5 Å². The van der Waals surface area contributed by atoms with E-state index < -0.39 is 10.0 Å². The number of carbonyl (C=O) groups is 1. The second kappa shape index (κ2) is 8.41. The summed E-state index contributed by atoms with van der Waals surface area (Å²) in [5.74, 6) is 0.315. The number of halogens is 1. The van der Waals surface area contributed by atoms with E-state index in [4.69, 9.17) is 4.74 Å². The Balaban J connectivity index is 1.64. The quantitative estimate of drug-likeness (QED) is 0.752. The van der Waals surface area contributed by atoms with Crippen molar-refractivity contribution in [2.24, 2.45) is 5.92 Å². The molecule has 27 heavy (non-hydrogen) atoms. The molecule has 0 saturated carbocycles. The number of hydrogen-bond acceptors (Lipinski definition) is 4. The highest BCUT2D eigenvalue weighted by Gasteiger charge is 2.32. The summed E-state index contributed by atoms with van der Waals surface area (Å²) in [5.41, 5.74) is 0.751. The first-order valence-corrected chi connectivity index (χ1v) is 10.8. The van der Waals surface area contributed by atoms with Gasteiger partial charge in [-0.15, -0.1) is 0 Å². The summed E-state index contributed by atoms with van der Waals surface area (Å²) < 4.78 is 32.9. The fraction of sp³-hybridized carbons (Fsp3) is 0.316. The Bertz CT molecular complexity index is 911. The lowest BCUT2D eigenvalue weighted by atomic mass is 9.97. The van der Waals surface area contributed by atoms with Gasteiger partial charge in [0, 0.05) is 24.7 Å². The van der Waals surface area contributed by atoms with Gasteiger partial charge in [-0.3, -0.25) is 4.79 Å². The number of sulfonamides is 1. The molecule has 0 aromatic heterocycles. The molecule has 144 valence electrons. The van der Waals surface area contributed by atoms with E-state index in [-0.39, 0.29) is 16.7 Å². The van der Waals surface area contributed by atoms with Crippen molar-refractivity contribution in [3.05, 3.63) is 53.0 Å². The van der Waals surface area contributed by atoms with E-state index in [1.54, 1.807) is 12.1 Å². The van der Waals surface area contributed by atoms with Crippen LogP contribution in [0, 0.1) is 5.92 Å². The van der Waals surface area contributed by atoms with E-state index in [0.717, 1.165) is 5.69 Å². The molecule has 0 aliphatic carbocycles. The number of anilines is 1. The molecule has 2 aromatic rings. The van der Waals surface area contributed by atoms with Crippen molar-refractivity contribution in [2.45, 2.75) is 17.7 Å². The lowest BCUT2D eigenvalue weighted by Gasteiger charge is -2.30. The van der Waals surface area contributed by atoms with Gasteiger partial charge in [0.05, 0.1) is 16.5 Å². The molecule has 0 bridgehead atoms. The van der Waals surface area contributed by atoms with Crippen LogP contribution in [-0.2, 0) is 14.8 Å². The highest BCUT2D eigenvalue weighted by molar-refractivity contribution is 9.10. The molecule has 1 aliphatic rings. The summed E-state index contributed by atoms with van der Waals surface area (Å²) in [6, 6.07) is 14.0. The van der Waals surface area contributed by atoms with Gasteiger partial charge < -0.3 is 10.1 Å². The van der Waals surface area contributed by atoms with Gasteiger partial charge in [0.25, 0.3) is 0 Å². The minimum absolute atomic E-state index is 0.0644. The Morgan fingerprint density at radius 1 is 1.15 bits per heavy atom. The maximum atomic E-state index is 12.9. The van der Waals surface area contributed by atoms with Crippen molar-refractivity contribution < 1.29 is 17.9 Å². The molecule has 3 rings (SSSR count). The van der Waals surface area contributed by atoms with Gasteiger partial charge in [-0.25, -0.2) is 8.42 Å². The number of benzene rings is 2. The first-order chi connectivity index (χ1) is 12.9. The second-order valence-electron chi connectivity index (χ2n) is 6.33. The van der Waals surface area contributed by atoms with E-state index in [0.29, 0.717) is 36.2 Å². The van der Waals surface area contributed by atoms with Crippen LogP contribution in [0.2, 0.25) is 0 Å². The number of nitrogens with zero attached hydrogens (tertiary/aromatic N) is 1. The molecule has 0 atom stereocenters. The number of carbonyl (C=O) groups excluding carboxylic acids is 1. The third-order valence-corrected chi connectivity index (χ3v) is 7.14. The summed E-state index contributed by atoms with van der Waals surface area (Å²) in [7, 11) is -2.07. The lowest BCUT2D eigenvalue weighted by Crippen LogP contribution is -2.41. The minimum atomic E-state index is -3.60. The number of amides is 1. The van der Waals surface area contributed by atoms with E-state index in [9.17, 15) is 13.2 Å². The second-order valence-corrected chi connectivity index (χ2v) is 9.12. The molecule has 1 heterocycles. The summed E-state index contributed by atoms with van der Waals surface area (Å²) in [6.07, 6.45) is 0.991. The van der Waals surface area contributed by atoms with E-state index >= 15 is 0 Å². The maximum absolute atomic E-state index is 12.9. The smallest absolute Gasteiger partial charge is 0.243 e. The Kier molecular flexibility index (Phi) is 6.18. The Morgan fingerprint density at radius 3 is 2.41 bits per heavy atom. The molecule has 0 unspecified atom stereocenters. The van der Waals surface area contributed by atoms with Gasteiger partial charge in [0.1, 0.15) is 5.75 Å². The molecule has 1 aliphatic heterocycles. The van der Waals surface area contributed by atoms with Crippen LogP contribution in [0.4, 0.5) is 5.69 Å². The summed E-state index contributed by atoms with van der Waals surface area (Å²) in [4.78, 5) is 12.6. The molecule has 6 nitrogen and oxygen atoms in total. The van der Waals surface area contributed by atoms with Crippen molar-refractivity contribution in [1.82, 2.24) is 4.31 Å². The van der Waals surface area contributed by atoms with Crippen molar-refractivity contribution in [1.29, 1.82) is 0 Å². The molecule has 1 amide bonds. The maximum Gasteiger partial charge on any atom is 0.243 e. The topological polar surface area (TPSA) is 75.7 Å². The van der Waals surface area contributed by atoms with Gasteiger partial charge in [-0.2, -0.15) is 4.31 Å². The Morgan fingerprint density at radius 2 is 1.81 bits per heavy atom. The molecule has 1 fully saturated rings. The van der Waals surface area contributed by atoms with Crippen LogP contribution >= 0.6 is 15.9 Å². The van der Waals surface area contributed by atoms with E-state index in [2.05, 4.69) is 21.2 Å². The number of methoxy groups -OCH3 is 1. The fourth-order valence-corrected chi connectivity index (χ4v) is 5.27. The average Bonchev–Trinajstić information content (AvgIpc) is 2.68. The van der Waals surface area contributed by atoms with Crippen LogP contribution < -0.4 is 10.1 Å². The van der Waals surface area contributed by atoms with Gasteiger partial charge in [-0.1, -0.05) is 18.2 Å². The normalized spacial score (nSPS) is 16.1. The van der Waals surface area contributed by atoms with E-state index in [1.807, 2.05) is 30.3 Å². The van der Waals surface area contributed by atoms with Gasteiger partial charge in [-0.05, 0) is 59.1 Å². The van der Waals surface area contributed by atoms with Crippen LogP contribution in [0.3, 0.4) is 0 Å². The summed E-state index contributed by atoms with van der Waals surface area (Å²) in [5, 5.41) is 2.89. The SMILES string of the molecule is COc1ccc(S(=O)(=O)N2CCC(C(=O)Nc3ccccc3)CC2)cc1Br. The zero-order valence-electron chi connectivity index (χ0n) is 14.9. The predicted molar refractivity (Wildman–Crippen MR) is 107 cm³/mol. The molecule has 0 spiro atoms. The Labute approximate surface area is 167 Å². The van der Waals surface area contributed by atoms with Crippen LogP contribution in [0.5, 0.6) is 5.75 Å². The van der Waals surface area contributed by atoms with E-state index in [1.165, 1.54) is 17.5 Å². The molecular formula is C19H21BrN2O4S. The largest absolute Gasteiger partial charge is 0.496 e. The number of piperidine rings is 1. The third-order valence-electron chi connectivity index (χ3n) is 4.63. The number of nitrogens with one attached hydrogen (secondary N) is 1. The third kappa shape index (κ3) is 4.51. The van der Waals surface area contributed by atoms with Gasteiger partial charge in [0.2, 0.25) is 15.9 Å². The summed E-state index contributed by atoms with van der Waals surface area (Å²) >= 11 is 3.32. The number of hydrogen-bond donors (Lipinski definition) is 1. The highest BCUT2D eigenvalue weighted by Crippen LogP contribution is 2.30. The lowest BCUT2D eigenvalue weighted by molar-refractivity contribution is -0.120. The van der Waals surface area contributed by atoms with Gasteiger partial charge in [0.15, 0.2) is 0 Å². The molecule has 2 aromatic carbocycles. The summed E-state index contributed by atoms with van der Waals surface area (Å²) in [6.45, 7) is 0.637. The van der Waals surface area contributed by atoms with Crippen molar-refractivity contribution in [2.75, 3.05) is 25.5 Å². The average molecular weight is 453 g/mol. The zero-order chi connectivity index (χ0) is 19.4. The van der Waals surface area contributed by atoms with Crippen molar-refractivity contribution in [3.8, 4) is 5.75 Å². The predicted octanol–water partition coefficient (Wildman–Crippen LogP) is 3.50. The number of ether oxygens (including phenoxy) is 1. The molecular weight excluding hydrogens is 432 g/mol. The highest BCUT2D eigenvalue weighted by atomic mass is 79.9. The molecule has 8 heteroatoms. The zero-order valence-corrected chi connectivity index (χ0v) is 17.3. The van der Waals surface area contributed by atoms with Gasteiger partial charge >= 0.3 is 0 Å². The minimum Gasteiger partial charge on any atom is -0.496 e. The first kappa shape index (κ1) is 19.9. The standard InChI is InChI=1S/C19H21BrN2O4S/c1-26-18-8-7-16(13-17(18)20)27(24,25)22-11-9-14(10-12-22)19(23)21-15-5-3-2-4-6-15/h2-8,13-14H,9-12H2,1H3,(H,21,23). The molecule has 1 N–H and O–H groups in total. The monoisotopic (exact) mass is 452 g/mol. The van der Waals surface area contributed by atoms with Crippen molar-refractivity contribution in [3.63, 3.8) is 0 Å². The van der Waals surface area contributed by atoms with Crippen LogP contribution in [0.15, 0.2) is 57.9 Å².